The third kappa shape index (κ3) is 6.74. The van der Waals surface area contributed by atoms with Crippen LogP contribution < -0.4 is 11.5 Å². The molecular formula is C30H32N2O2S. The zero-order valence-corrected chi connectivity index (χ0v) is 20.7. The first-order valence-electron chi connectivity index (χ1n) is 12.0. The summed E-state index contributed by atoms with van der Waals surface area (Å²) in [7, 11) is -3.53. The number of benzene rings is 4. The highest BCUT2D eigenvalue weighted by Gasteiger charge is 2.17. The van der Waals surface area contributed by atoms with E-state index in [0.717, 1.165) is 61.0 Å². The van der Waals surface area contributed by atoms with Gasteiger partial charge in [0.25, 0.3) is 0 Å². The largest absolute Gasteiger partial charge is 0.399 e. The number of rotatable bonds is 10. The second-order valence-corrected chi connectivity index (χ2v) is 10.9. The van der Waals surface area contributed by atoms with Crippen molar-refractivity contribution in [2.24, 2.45) is 0 Å². The summed E-state index contributed by atoms with van der Waals surface area (Å²) in [4.78, 5) is 0.659. The molecule has 0 fully saturated rings. The minimum Gasteiger partial charge on any atom is -0.399 e. The number of sulfone groups is 1. The number of aryl methyl sites for hydroxylation is 4. The van der Waals surface area contributed by atoms with E-state index in [1.165, 1.54) is 11.1 Å². The predicted octanol–water partition coefficient (Wildman–Crippen LogP) is 6.03. The lowest BCUT2D eigenvalue weighted by Gasteiger charge is -2.08. The van der Waals surface area contributed by atoms with E-state index in [2.05, 4.69) is 24.3 Å². The maximum Gasteiger partial charge on any atom is 0.206 e. The molecule has 4 aromatic rings. The Balaban J connectivity index is 1.30. The van der Waals surface area contributed by atoms with Crippen LogP contribution in [-0.2, 0) is 35.5 Å². The maximum atomic E-state index is 13.1. The molecule has 0 spiro atoms. The molecule has 0 bridgehead atoms. The van der Waals surface area contributed by atoms with Gasteiger partial charge in [0.1, 0.15) is 0 Å². The van der Waals surface area contributed by atoms with Crippen LogP contribution in [0, 0.1) is 0 Å². The quantitative estimate of drug-likeness (QED) is 0.269. The second kappa shape index (κ2) is 11.2. The summed E-state index contributed by atoms with van der Waals surface area (Å²) in [6.07, 6.45) is 5.72. The van der Waals surface area contributed by atoms with Crippen LogP contribution in [0.15, 0.2) is 107 Å². The first kappa shape index (κ1) is 24.6. The molecule has 0 atom stereocenters. The molecule has 5 heteroatoms. The van der Waals surface area contributed by atoms with Crippen molar-refractivity contribution < 1.29 is 8.42 Å². The molecule has 0 aromatic heterocycles. The van der Waals surface area contributed by atoms with Gasteiger partial charge >= 0.3 is 0 Å². The molecule has 0 aliphatic carbocycles. The predicted molar refractivity (Wildman–Crippen MR) is 144 cm³/mol. The monoisotopic (exact) mass is 484 g/mol. The lowest BCUT2D eigenvalue weighted by molar-refractivity contribution is 0.596. The smallest absolute Gasteiger partial charge is 0.206 e. The van der Waals surface area contributed by atoms with Gasteiger partial charge in [-0.3, -0.25) is 0 Å². The van der Waals surface area contributed by atoms with Crippen LogP contribution in [-0.4, -0.2) is 8.42 Å². The number of hydrogen-bond acceptors (Lipinski definition) is 4. The minimum atomic E-state index is -3.53. The van der Waals surface area contributed by atoms with Crippen LogP contribution >= 0.6 is 0 Å². The summed E-state index contributed by atoms with van der Waals surface area (Å²) in [6, 6.07) is 30.4. The Labute approximate surface area is 208 Å². The fourth-order valence-corrected chi connectivity index (χ4v) is 5.43. The van der Waals surface area contributed by atoms with Crippen molar-refractivity contribution in [2.45, 2.75) is 48.3 Å². The average Bonchev–Trinajstić information content (AvgIpc) is 2.87. The third-order valence-corrected chi connectivity index (χ3v) is 8.07. The minimum absolute atomic E-state index is 0.330. The number of anilines is 2. The van der Waals surface area contributed by atoms with Gasteiger partial charge in [-0.15, -0.1) is 0 Å². The molecule has 0 saturated carbocycles. The van der Waals surface area contributed by atoms with E-state index in [1.54, 1.807) is 24.3 Å². The lowest BCUT2D eigenvalue weighted by atomic mass is 10.0. The fraction of sp³-hybridized carbons (Fsp3) is 0.200. The average molecular weight is 485 g/mol. The van der Waals surface area contributed by atoms with E-state index >= 15 is 0 Å². The summed E-state index contributed by atoms with van der Waals surface area (Å²) in [6.45, 7) is 0. The van der Waals surface area contributed by atoms with Gasteiger partial charge in [0.2, 0.25) is 9.84 Å². The Kier molecular flexibility index (Phi) is 7.88. The van der Waals surface area contributed by atoms with E-state index in [0.29, 0.717) is 9.79 Å². The molecule has 0 radical (unpaired) electrons. The first-order chi connectivity index (χ1) is 16.9. The lowest BCUT2D eigenvalue weighted by Crippen LogP contribution is -2.02. The molecule has 4 rings (SSSR count). The number of nitrogens with two attached hydrogens (primary N) is 2. The Morgan fingerprint density at radius 2 is 0.686 bits per heavy atom. The van der Waals surface area contributed by atoms with Gasteiger partial charge < -0.3 is 11.5 Å². The van der Waals surface area contributed by atoms with E-state index in [9.17, 15) is 8.42 Å². The van der Waals surface area contributed by atoms with Crippen LogP contribution in [0.25, 0.3) is 0 Å². The summed E-state index contributed by atoms with van der Waals surface area (Å²) in [5, 5.41) is 0. The SMILES string of the molecule is Nc1ccc(CCCc2ccc(S(=O)(=O)c3ccc(CCCc4ccc(N)cc4)cc3)cc2)cc1. The highest BCUT2D eigenvalue weighted by Crippen LogP contribution is 2.23. The van der Waals surface area contributed by atoms with Gasteiger partial charge in [-0.1, -0.05) is 48.5 Å². The molecule has 4 nitrogen and oxygen atoms in total. The van der Waals surface area contributed by atoms with Crippen molar-refractivity contribution in [3.8, 4) is 0 Å². The molecule has 180 valence electrons. The standard InChI is InChI=1S/C30H32N2O2S/c31-27-15-7-23(8-16-27)3-1-5-25-11-19-29(20-12-25)35(33,34)30-21-13-26(14-22-30)6-2-4-24-9-17-28(32)18-10-24/h7-22H,1-6,31-32H2. The van der Waals surface area contributed by atoms with E-state index < -0.39 is 9.84 Å². The Hall–Kier alpha value is -3.57. The maximum absolute atomic E-state index is 13.1. The summed E-state index contributed by atoms with van der Waals surface area (Å²) in [5.74, 6) is 0. The highest BCUT2D eigenvalue weighted by molar-refractivity contribution is 7.91. The van der Waals surface area contributed by atoms with Crippen molar-refractivity contribution in [1.29, 1.82) is 0 Å². The van der Waals surface area contributed by atoms with Crippen LogP contribution in [0.3, 0.4) is 0 Å². The van der Waals surface area contributed by atoms with Gasteiger partial charge in [0, 0.05) is 11.4 Å². The zero-order valence-electron chi connectivity index (χ0n) is 19.9. The van der Waals surface area contributed by atoms with Crippen LogP contribution in [0.1, 0.15) is 35.1 Å². The topological polar surface area (TPSA) is 86.2 Å². The molecule has 0 amide bonds. The summed E-state index contributed by atoms with van der Waals surface area (Å²) < 4.78 is 26.2. The van der Waals surface area contributed by atoms with Crippen molar-refractivity contribution in [3.63, 3.8) is 0 Å². The molecule has 0 aliphatic heterocycles. The van der Waals surface area contributed by atoms with Gasteiger partial charge in [0.15, 0.2) is 0 Å². The molecule has 0 unspecified atom stereocenters. The van der Waals surface area contributed by atoms with Crippen molar-refractivity contribution in [1.82, 2.24) is 0 Å². The van der Waals surface area contributed by atoms with Gasteiger partial charge in [-0.25, -0.2) is 8.42 Å². The molecular weight excluding hydrogens is 452 g/mol. The van der Waals surface area contributed by atoms with E-state index in [-0.39, 0.29) is 0 Å². The van der Waals surface area contributed by atoms with E-state index in [4.69, 9.17) is 11.5 Å². The van der Waals surface area contributed by atoms with Gasteiger partial charge in [0.05, 0.1) is 9.79 Å². The van der Waals surface area contributed by atoms with Gasteiger partial charge in [-0.2, -0.15) is 0 Å². The Morgan fingerprint density at radius 1 is 0.429 bits per heavy atom. The van der Waals surface area contributed by atoms with Crippen LogP contribution in [0.2, 0.25) is 0 Å². The number of hydrogen-bond donors (Lipinski definition) is 2. The Bertz CT molecular complexity index is 1230. The molecule has 4 aromatic carbocycles. The highest BCUT2D eigenvalue weighted by atomic mass is 32.2. The molecule has 0 aliphatic rings. The summed E-state index contributed by atoms with van der Waals surface area (Å²) in [5.41, 5.74) is 17.8. The van der Waals surface area contributed by atoms with Crippen molar-refractivity contribution in [2.75, 3.05) is 11.5 Å². The van der Waals surface area contributed by atoms with E-state index in [1.807, 2.05) is 48.5 Å². The second-order valence-electron chi connectivity index (χ2n) is 8.98. The molecule has 4 N–H and O–H groups in total. The molecule has 35 heavy (non-hydrogen) atoms. The van der Waals surface area contributed by atoms with Crippen LogP contribution in [0.4, 0.5) is 11.4 Å². The van der Waals surface area contributed by atoms with Crippen molar-refractivity contribution >= 4 is 21.2 Å². The first-order valence-corrected chi connectivity index (χ1v) is 13.5. The summed E-state index contributed by atoms with van der Waals surface area (Å²) >= 11 is 0. The van der Waals surface area contributed by atoms with Gasteiger partial charge in [-0.05, 0) is 109 Å². The van der Waals surface area contributed by atoms with Crippen molar-refractivity contribution in [3.05, 3.63) is 119 Å². The third-order valence-electron chi connectivity index (χ3n) is 6.29. The van der Waals surface area contributed by atoms with Crippen LogP contribution in [0.5, 0.6) is 0 Å². The molecule has 0 saturated heterocycles. The Morgan fingerprint density at radius 3 is 0.971 bits per heavy atom. The number of nitrogen functional groups attached to an aromatic ring is 2. The normalized spacial score (nSPS) is 11.4. The zero-order chi connectivity index (χ0) is 24.7. The fourth-order valence-electron chi connectivity index (χ4n) is 4.17. The molecule has 0 heterocycles.